The molecule has 0 saturated carbocycles. The first-order chi connectivity index (χ1) is 18.1. The summed E-state index contributed by atoms with van der Waals surface area (Å²) in [6.07, 6.45) is 1.15. The number of carbonyl (C=O) groups excluding carboxylic acids is 2. The molecule has 0 bridgehead atoms. The first-order valence-corrected chi connectivity index (χ1v) is 12.8. The molecule has 1 aliphatic carbocycles. The molecule has 5 heteroatoms. The second kappa shape index (κ2) is 9.72. The van der Waals surface area contributed by atoms with Crippen molar-refractivity contribution >= 4 is 34.5 Å². The van der Waals surface area contributed by atoms with E-state index in [-0.39, 0.29) is 23.5 Å². The Morgan fingerprint density at radius 2 is 1.43 bits per heavy atom. The number of fused-ring (bicyclic) bond motifs is 1. The molecule has 4 nitrogen and oxygen atoms in total. The SMILES string of the molecule is O=C1C[C@H](c2ccccc2)CC2=C1[C@H](c1ccc(Cl)cc1)Nc1ccc(C(=O)c3ccccc3)cc1N2. The molecule has 0 amide bonds. The standard InChI is InChI=1S/C32H25ClN2O2/c33-25-14-11-21(12-15-25)31-30-28(18-24(19-29(30)36)20-7-3-1-4-8-20)34-27-17-23(13-16-26(27)35-31)32(37)22-9-5-2-6-10-22/h1-17,24,31,34-35H,18-19H2/t24-,31+/m1/s1. The molecule has 2 atom stereocenters. The molecule has 4 aromatic carbocycles. The van der Waals surface area contributed by atoms with Crippen LogP contribution in [0, 0.1) is 0 Å². The van der Waals surface area contributed by atoms with Gasteiger partial charge in [0.25, 0.3) is 0 Å². The largest absolute Gasteiger partial charge is 0.372 e. The maximum Gasteiger partial charge on any atom is 0.193 e. The minimum absolute atomic E-state index is 0.0419. The van der Waals surface area contributed by atoms with Gasteiger partial charge < -0.3 is 10.6 Å². The van der Waals surface area contributed by atoms with Gasteiger partial charge in [-0.05, 0) is 53.8 Å². The number of benzene rings is 4. The highest BCUT2D eigenvalue weighted by Crippen LogP contribution is 2.44. The minimum Gasteiger partial charge on any atom is -0.372 e. The highest BCUT2D eigenvalue weighted by atomic mass is 35.5. The maximum absolute atomic E-state index is 13.7. The van der Waals surface area contributed by atoms with Gasteiger partial charge in [0.05, 0.1) is 17.4 Å². The number of halogens is 1. The zero-order valence-electron chi connectivity index (χ0n) is 20.1. The van der Waals surface area contributed by atoms with Crippen LogP contribution in [0.15, 0.2) is 114 Å². The molecular formula is C32H25ClN2O2. The quantitative estimate of drug-likeness (QED) is 0.282. The summed E-state index contributed by atoms with van der Waals surface area (Å²) < 4.78 is 0. The number of nitrogens with one attached hydrogen (secondary N) is 2. The summed E-state index contributed by atoms with van der Waals surface area (Å²) >= 11 is 6.17. The number of allylic oxidation sites excluding steroid dienone is 1. The predicted octanol–water partition coefficient (Wildman–Crippen LogP) is 7.55. The number of ketones is 2. The van der Waals surface area contributed by atoms with E-state index in [9.17, 15) is 9.59 Å². The number of rotatable bonds is 4. The number of hydrogen-bond donors (Lipinski definition) is 2. The smallest absolute Gasteiger partial charge is 0.193 e. The van der Waals surface area contributed by atoms with Crippen molar-refractivity contribution in [3.05, 3.63) is 142 Å². The van der Waals surface area contributed by atoms with Crippen molar-refractivity contribution in [1.29, 1.82) is 0 Å². The van der Waals surface area contributed by atoms with E-state index in [4.69, 9.17) is 11.6 Å². The van der Waals surface area contributed by atoms with E-state index in [1.165, 1.54) is 0 Å². The Bertz CT molecular complexity index is 1510. The van der Waals surface area contributed by atoms with Crippen molar-refractivity contribution in [1.82, 2.24) is 0 Å². The van der Waals surface area contributed by atoms with Crippen LogP contribution in [0.3, 0.4) is 0 Å². The van der Waals surface area contributed by atoms with E-state index in [1.807, 2.05) is 91.0 Å². The average Bonchev–Trinajstić information content (AvgIpc) is 3.10. The molecule has 0 spiro atoms. The van der Waals surface area contributed by atoms with Crippen LogP contribution in [0.25, 0.3) is 0 Å². The van der Waals surface area contributed by atoms with Crippen LogP contribution in [-0.4, -0.2) is 11.6 Å². The zero-order valence-corrected chi connectivity index (χ0v) is 20.8. The molecule has 4 aromatic rings. The van der Waals surface area contributed by atoms with Crippen LogP contribution in [0.1, 0.15) is 51.8 Å². The molecule has 1 aliphatic heterocycles. The molecular weight excluding hydrogens is 480 g/mol. The number of Topliss-reactive ketones (excluding diaryl/α,β-unsaturated/α-hetero) is 1. The van der Waals surface area contributed by atoms with Crippen LogP contribution < -0.4 is 10.6 Å². The topological polar surface area (TPSA) is 58.2 Å². The van der Waals surface area contributed by atoms with E-state index in [2.05, 4.69) is 22.8 Å². The summed E-state index contributed by atoms with van der Waals surface area (Å²) in [5, 5.41) is 7.80. The molecule has 6 rings (SSSR count). The van der Waals surface area contributed by atoms with Gasteiger partial charge >= 0.3 is 0 Å². The van der Waals surface area contributed by atoms with Gasteiger partial charge in [-0.3, -0.25) is 9.59 Å². The lowest BCUT2D eigenvalue weighted by Crippen LogP contribution is -2.26. The molecule has 182 valence electrons. The lowest BCUT2D eigenvalue weighted by Gasteiger charge is -2.30. The Kier molecular flexibility index (Phi) is 6.11. The lowest BCUT2D eigenvalue weighted by molar-refractivity contribution is -0.116. The first-order valence-electron chi connectivity index (χ1n) is 12.4. The van der Waals surface area contributed by atoms with Crippen molar-refractivity contribution in [3.63, 3.8) is 0 Å². The highest BCUT2D eigenvalue weighted by molar-refractivity contribution is 6.30. The van der Waals surface area contributed by atoms with Crippen molar-refractivity contribution < 1.29 is 9.59 Å². The van der Waals surface area contributed by atoms with E-state index >= 15 is 0 Å². The predicted molar refractivity (Wildman–Crippen MR) is 148 cm³/mol. The second-order valence-electron chi connectivity index (χ2n) is 9.54. The molecule has 0 fully saturated rings. The van der Waals surface area contributed by atoms with Crippen LogP contribution >= 0.6 is 11.6 Å². The van der Waals surface area contributed by atoms with Crippen molar-refractivity contribution in [2.75, 3.05) is 10.6 Å². The van der Waals surface area contributed by atoms with Crippen molar-refractivity contribution in [2.45, 2.75) is 24.8 Å². The van der Waals surface area contributed by atoms with Crippen molar-refractivity contribution in [2.24, 2.45) is 0 Å². The molecule has 1 heterocycles. The fourth-order valence-electron chi connectivity index (χ4n) is 5.31. The fraction of sp³-hybridized carbons (Fsp3) is 0.125. The third-order valence-corrected chi connectivity index (χ3v) is 7.43. The fourth-order valence-corrected chi connectivity index (χ4v) is 5.44. The Morgan fingerprint density at radius 1 is 0.730 bits per heavy atom. The summed E-state index contributed by atoms with van der Waals surface area (Å²) in [5.74, 6) is 0.157. The highest BCUT2D eigenvalue weighted by Gasteiger charge is 2.36. The molecule has 37 heavy (non-hydrogen) atoms. The molecule has 2 N–H and O–H groups in total. The summed E-state index contributed by atoms with van der Waals surface area (Å²) in [6, 6.07) is 32.4. The van der Waals surface area contributed by atoms with Gasteiger partial charge in [0.1, 0.15) is 0 Å². The first kappa shape index (κ1) is 23.3. The van der Waals surface area contributed by atoms with Gasteiger partial charge in [-0.15, -0.1) is 0 Å². The molecule has 0 radical (unpaired) electrons. The monoisotopic (exact) mass is 504 g/mol. The summed E-state index contributed by atoms with van der Waals surface area (Å²) in [4.78, 5) is 26.9. The van der Waals surface area contributed by atoms with Gasteiger partial charge in [0.2, 0.25) is 0 Å². The molecule has 0 saturated heterocycles. The molecule has 0 unspecified atom stereocenters. The maximum atomic E-state index is 13.7. The number of anilines is 2. The molecule has 2 aliphatic rings. The van der Waals surface area contributed by atoms with Crippen LogP contribution in [-0.2, 0) is 4.79 Å². The minimum atomic E-state index is -0.332. The lowest BCUT2D eigenvalue weighted by atomic mass is 9.78. The van der Waals surface area contributed by atoms with E-state index < -0.39 is 0 Å². The Labute approximate surface area is 221 Å². The summed E-state index contributed by atoms with van der Waals surface area (Å²) in [5.41, 5.74) is 6.59. The van der Waals surface area contributed by atoms with Gasteiger partial charge in [-0.25, -0.2) is 0 Å². The van der Waals surface area contributed by atoms with Gasteiger partial charge in [0, 0.05) is 33.8 Å². The summed E-state index contributed by atoms with van der Waals surface area (Å²) in [6.45, 7) is 0. The zero-order chi connectivity index (χ0) is 25.4. The Morgan fingerprint density at radius 3 is 2.16 bits per heavy atom. The Balaban J connectivity index is 1.44. The van der Waals surface area contributed by atoms with Gasteiger partial charge in [-0.1, -0.05) is 84.4 Å². The second-order valence-corrected chi connectivity index (χ2v) is 9.98. The van der Waals surface area contributed by atoms with Gasteiger partial charge in [0.15, 0.2) is 11.6 Å². The van der Waals surface area contributed by atoms with Crippen LogP contribution in [0.5, 0.6) is 0 Å². The van der Waals surface area contributed by atoms with Gasteiger partial charge in [-0.2, -0.15) is 0 Å². The van der Waals surface area contributed by atoms with E-state index in [1.54, 1.807) is 0 Å². The third kappa shape index (κ3) is 4.56. The van der Waals surface area contributed by atoms with Crippen LogP contribution in [0.2, 0.25) is 5.02 Å². The van der Waals surface area contributed by atoms with E-state index in [0.29, 0.717) is 29.0 Å². The third-order valence-electron chi connectivity index (χ3n) is 7.17. The van der Waals surface area contributed by atoms with Crippen LogP contribution in [0.4, 0.5) is 11.4 Å². The number of hydrogen-bond acceptors (Lipinski definition) is 4. The van der Waals surface area contributed by atoms with Crippen molar-refractivity contribution in [3.8, 4) is 0 Å². The molecule has 0 aromatic heterocycles. The average molecular weight is 505 g/mol. The van der Waals surface area contributed by atoms with E-state index in [0.717, 1.165) is 33.8 Å². The summed E-state index contributed by atoms with van der Waals surface area (Å²) in [7, 11) is 0. The number of carbonyl (C=O) groups is 2. The Hall–Kier alpha value is -4.15. The normalized spacial score (nSPS) is 18.7.